The SMILES string of the molecule is CC(C)C(=O)NCCNC(=O)C12CC3CC(CC(Br)(C3)C1)C2. The summed E-state index contributed by atoms with van der Waals surface area (Å²) in [7, 11) is 0. The van der Waals surface area contributed by atoms with Gasteiger partial charge in [0.2, 0.25) is 11.8 Å². The third kappa shape index (κ3) is 3.06. The van der Waals surface area contributed by atoms with Crippen molar-refractivity contribution in [3.05, 3.63) is 0 Å². The van der Waals surface area contributed by atoms with E-state index in [2.05, 4.69) is 26.6 Å². The van der Waals surface area contributed by atoms with Crippen LogP contribution < -0.4 is 10.6 Å². The first-order chi connectivity index (χ1) is 10.3. The first kappa shape index (κ1) is 16.3. The molecule has 0 aromatic rings. The fourth-order valence-electron chi connectivity index (χ4n) is 5.17. The highest BCUT2D eigenvalue weighted by Crippen LogP contribution is 2.64. The van der Waals surface area contributed by atoms with Crippen LogP contribution in [0, 0.1) is 23.2 Å². The summed E-state index contributed by atoms with van der Waals surface area (Å²) >= 11 is 3.94. The molecule has 0 heterocycles. The van der Waals surface area contributed by atoms with E-state index in [9.17, 15) is 9.59 Å². The monoisotopic (exact) mass is 370 g/mol. The Bertz CT molecular complexity index is 463. The van der Waals surface area contributed by atoms with Gasteiger partial charge in [-0.15, -0.1) is 0 Å². The van der Waals surface area contributed by atoms with Crippen molar-refractivity contribution in [3.63, 3.8) is 0 Å². The molecule has 0 aliphatic heterocycles. The Morgan fingerprint density at radius 3 is 2.23 bits per heavy atom. The van der Waals surface area contributed by atoms with Gasteiger partial charge in [0.15, 0.2) is 0 Å². The molecule has 4 bridgehead atoms. The number of alkyl halides is 1. The molecule has 2 amide bonds. The van der Waals surface area contributed by atoms with E-state index >= 15 is 0 Å². The number of hydrogen-bond acceptors (Lipinski definition) is 2. The maximum Gasteiger partial charge on any atom is 0.226 e. The van der Waals surface area contributed by atoms with Gasteiger partial charge in [-0.1, -0.05) is 29.8 Å². The topological polar surface area (TPSA) is 58.2 Å². The van der Waals surface area contributed by atoms with E-state index in [-0.39, 0.29) is 27.5 Å². The zero-order valence-electron chi connectivity index (χ0n) is 13.6. The molecule has 0 spiro atoms. The van der Waals surface area contributed by atoms with Gasteiger partial charge >= 0.3 is 0 Å². The fourth-order valence-corrected chi connectivity index (χ4v) is 6.62. The molecule has 4 saturated carbocycles. The highest BCUT2D eigenvalue weighted by Gasteiger charge is 2.59. The number of rotatable bonds is 5. The number of halogens is 1. The zero-order chi connectivity index (χ0) is 16.0. The first-order valence-electron chi connectivity index (χ1n) is 8.57. The van der Waals surface area contributed by atoms with Crippen LogP contribution in [0.15, 0.2) is 0 Å². The Morgan fingerprint density at radius 1 is 1.09 bits per heavy atom. The summed E-state index contributed by atoms with van der Waals surface area (Å²) in [5.74, 6) is 1.68. The van der Waals surface area contributed by atoms with Gasteiger partial charge in [0, 0.05) is 23.3 Å². The van der Waals surface area contributed by atoms with Crippen molar-refractivity contribution in [2.75, 3.05) is 13.1 Å². The van der Waals surface area contributed by atoms with Crippen LogP contribution in [-0.4, -0.2) is 29.2 Å². The summed E-state index contributed by atoms with van der Waals surface area (Å²) in [6.07, 6.45) is 6.89. The number of amides is 2. The minimum atomic E-state index is -0.157. The molecular formula is C17H27BrN2O2. The predicted molar refractivity (Wildman–Crippen MR) is 89.6 cm³/mol. The molecular weight excluding hydrogens is 344 g/mol. The maximum atomic E-state index is 12.8. The Balaban J connectivity index is 1.53. The van der Waals surface area contributed by atoms with E-state index in [1.165, 1.54) is 19.3 Å². The second-order valence-electron chi connectivity index (χ2n) is 8.09. The molecule has 2 N–H and O–H groups in total. The lowest BCUT2D eigenvalue weighted by atomic mass is 9.49. The van der Waals surface area contributed by atoms with Gasteiger partial charge in [0.05, 0.1) is 5.41 Å². The Labute approximate surface area is 141 Å². The molecule has 0 saturated heterocycles. The van der Waals surface area contributed by atoms with Crippen LogP contribution in [0.2, 0.25) is 0 Å². The van der Waals surface area contributed by atoms with Gasteiger partial charge in [-0.2, -0.15) is 0 Å². The Kier molecular flexibility index (Phi) is 4.30. The van der Waals surface area contributed by atoms with Crippen LogP contribution in [0.5, 0.6) is 0 Å². The molecule has 2 atom stereocenters. The normalized spacial score (nSPS) is 39.1. The highest BCUT2D eigenvalue weighted by molar-refractivity contribution is 9.10. The average Bonchev–Trinajstić information content (AvgIpc) is 2.40. The molecule has 0 aromatic carbocycles. The van der Waals surface area contributed by atoms with Crippen LogP contribution in [0.3, 0.4) is 0 Å². The molecule has 5 heteroatoms. The molecule has 4 nitrogen and oxygen atoms in total. The van der Waals surface area contributed by atoms with Crippen LogP contribution in [-0.2, 0) is 9.59 Å². The molecule has 22 heavy (non-hydrogen) atoms. The minimum absolute atomic E-state index is 0.00731. The third-order valence-corrected chi connectivity index (χ3v) is 6.63. The molecule has 124 valence electrons. The Hall–Kier alpha value is -0.580. The van der Waals surface area contributed by atoms with Gasteiger partial charge < -0.3 is 10.6 Å². The molecule has 4 aliphatic carbocycles. The summed E-state index contributed by atoms with van der Waals surface area (Å²) in [6, 6.07) is 0. The van der Waals surface area contributed by atoms with E-state index in [1.807, 2.05) is 13.8 Å². The standard InChI is InChI=1S/C17H27BrN2O2/c1-11(2)14(21)19-3-4-20-15(22)16-6-12-5-13(7-16)9-17(18,8-12)10-16/h11-13H,3-10H2,1-2H3,(H,19,21)(H,20,22). The van der Waals surface area contributed by atoms with E-state index in [0.29, 0.717) is 24.9 Å². The van der Waals surface area contributed by atoms with Crippen molar-refractivity contribution in [1.29, 1.82) is 0 Å². The van der Waals surface area contributed by atoms with Gasteiger partial charge in [-0.25, -0.2) is 0 Å². The van der Waals surface area contributed by atoms with E-state index in [1.54, 1.807) is 0 Å². The first-order valence-corrected chi connectivity index (χ1v) is 9.36. The van der Waals surface area contributed by atoms with E-state index < -0.39 is 0 Å². The summed E-state index contributed by atoms with van der Waals surface area (Å²) < 4.78 is 0.209. The van der Waals surface area contributed by atoms with Crippen molar-refractivity contribution >= 4 is 27.7 Å². The summed E-state index contributed by atoms with van der Waals surface area (Å²) in [5.41, 5.74) is -0.157. The fraction of sp³-hybridized carbons (Fsp3) is 0.882. The van der Waals surface area contributed by atoms with Crippen molar-refractivity contribution in [2.24, 2.45) is 23.2 Å². The zero-order valence-corrected chi connectivity index (χ0v) is 15.2. The average molecular weight is 371 g/mol. The van der Waals surface area contributed by atoms with Crippen molar-refractivity contribution in [3.8, 4) is 0 Å². The predicted octanol–water partition coefficient (Wildman–Crippen LogP) is 2.61. The maximum absolute atomic E-state index is 12.8. The van der Waals surface area contributed by atoms with Gasteiger partial charge in [-0.3, -0.25) is 9.59 Å². The largest absolute Gasteiger partial charge is 0.354 e. The van der Waals surface area contributed by atoms with Crippen molar-refractivity contribution in [1.82, 2.24) is 10.6 Å². The van der Waals surface area contributed by atoms with Gasteiger partial charge in [-0.05, 0) is 50.4 Å². The Morgan fingerprint density at radius 2 is 1.68 bits per heavy atom. The van der Waals surface area contributed by atoms with Crippen LogP contribution >= 0.6 is 15.9 Å². The van der Waals surface area contributed by atoms with Crippen LogP contribution in [0.1, 0.15) is 52.4 Å². The smallest absolute Gasteiger partial charge is 0.226 e. The summed E-state index contributed by atoms with van der Waals surface area (Å²) in [4.78, 5) is 24.3. The number of hydrogen-bond donors (Lipinski definition) is 2. The molecule has 4 rings (SSSR count). The van der Waals surface area contributed by atoms with E-state index in [4.69, 9.17) is 0 Å². The third-order valence-electron chi connectivity index (χ3n) is 5.71. The van der Waals surface area contributed by atoms with Crippen molar-refractivity contribution in [2.45, 2.75) is 56.7 Å². The quantitative estimate of drug-likeness (QED) is 0.577. The second kappa shape index (κ2) is 5.81. The van der Waals surface area contributed by atoms with Crippen molar-refractivity contribution < 1.29 is 9.59 Å². The van der Waals surface area contributed by atoms with E-state index in [0.717, 1.165) is 19.3 Å². The molecule has 0 aromatic heterocycles. The number of nitrogens with one attached hydrogen (secondary N) is 2. The minimum Gasteiger partial charge on any atom is -0.354 e. The lowest BCUT2D eigenvalue weighted by molar-refractivity contribution is -0.144. The molecule has 4 aliphatic rings. The number of carbonyl (C=O) groups is 2. The molecule has 0 radical (unpaired) electrons. The van der Waals surface area contributed by atoms with Gasteiger partial charge in [0.25, 0.3) is 0 Å². The molecule has 2 unspecified atom stereocenters. The number of carbonyl (C=O) groups excluding carboxylic acids is 2. The summed E-state index contributed by atoms with van der Waals surface area (Å²) in [6.45, 7) is 4.80. The van der Waals surface area contributed by atoms with Gasteiger partial charge in [0.1, 0.15) is 0 Å². The van der Waals surface area contributed by atoms with Crippen LogP contribution in [0.4, 0.5) is 0 Å². The van der Waals surface area contributed by atoms with Crippen LogP contribution in [0.25, 0.3) is 0 Å². The highest BCUT2D eigenvalue weighted by atomic mass is 79.9. The second-order valence-corrected chi connectivity index (χ2v) is 9.78. The lowest BCUT2D eigenvalue weighted by Gasteiger charge is -2.59. The summed E-state index contributed by atoms with van der Waals surface area (Å²) in [5, 5.41) is 5.93. The molecule has 4 fully saturated rings. The lowest BCUT2D eigenvalue weighted by Crippen LogP contribution is -2.58.